The van der Waals surface area contributed by atoms with Crippen molar-refractivity contribution in [3.05, 3.63) is 46.7 Å². The number of aromatic nitrogens is 2. The van der Waals surface area contributed by atoms with Gasteiger partial charge in [-0.25, -0.2) is 4.42 Å². The quantitative estimate of drug-likeness (QED) is 0.629. The van der Waals surface area contributed by atoms with Crippen LogP contribution in [0, 0.1) is 5.92 Å². The molecule has 140 valence electrons. The van der Waals surface area contributed by atoms with E-state index in [9.17, 15) is 4.79 Å². The number of nitrogens with two attached hydrogens (primary N) is 1. The third-order valence-electron chi connectivity index (χ3n) is 4.93. The molecule has 0 saturated carbocycles. The van der Waals surface area contributed by atoms with Crippen LogP contribution in [0.4, 0.5) is 0 Å². The first kappa shape index (κ1) is 18.6. The van der Waals surface area contributed by atoms with Crippen molar-refractivity contribution >= 4 is 50.7 Å². The van der Waals surface area contributed by atoms with E-state index in [0.29, 0.717) is 10.9 Å². The first-order valence-electron chi connectivity index (χ1n) is 8.77. The molecular weight excluding hydrogens is 403 g/mol. The van der Waals surface area contributed by atoms with Crippen LogP contribution in [-0.2, 0) is 6.42 Å². The lowest BCUT2D eigenvalue weighted by Gasteiger charge is -2.26. The molecule has 0 radical (unpaired) electrons. The minimum absolute atomic E-state index is 0.231. The molecule has 1 fully saturated rings. The van der Waals surface area contributed by atoms with Gasteiger partial charge in [0.05, 0.1) is 10.4 Å². The van der Waals surface area contributed by atoms with Crippen molar-refractivity contribution in [2.24, 2.45) is 11.7 Å². The molecular formula is C19H18Cl2N4OS. The van der Waals surface area contributed by atoms with Crippen LogP contribution in [0.1, 0.15) is 29.0 Å². The predicted octanol–water partition coefficient (Wildman–Crippen LogP) is 4.52. The fraction of sp³-hybridized carbons (Fsp3) is 0.316. The number of hydrogen-bond acceptors (Lipinski definition) is 5. The molecule has 1 saturated heterocycles. The SMILES string of the molecule is NC(=O)c1nnc(CC2CCN(Cl)CC2)c2cc(-c3ccc(Cl)cc3)sc12. The second kappa shape index (κ2) is 7.72. The summed E-state index contributed by atoms with van der Waals surface area (Å²) in [6, 6.07) is 9.72. The number of hydrogen-bond donors (Lipinski definition) is 1. The molecule has 5 nitrogen and oxygen atoms in total. The normalized spacial score (nSPS) is 16.1. The van der Waals surface area contributed by atoms with Gasteiger partial charge in [0.1, 0.15) is 0 Å². The molecule has 0 aliphatic carbocycles. The van der Waals surface area contributed by atoms with Gasteiger partial charge in [0.15, 0.2) is 5.69 Å². The molecule has 0 spiro atoms. The first-order chi connectivity index (χ1) is 13.0. The van der Waals surface area contributed by atoms with E-state index in [0.717, 1.165) is 58.6 Å². The molecule has 8 heteroatoms. The first-order valence-corrected chi connectivity index (χ1v) is 10.3. The smallest absolute Gasteiger partial charge is 0.270 e. The minimum atomic E-state index is -0.556. The highest BCUT2D eigenvalue weighted by Crippen LogP contribution is 2.37. The number of carbonyl (C=O) groups is 1. The largest absolute Gasteiger partial charge is 0.364 e. The van der Waals surface area contributed by atoms with E-state index in [-0.39, 0.29) is 5.69 Å². The van der Waals surface area contributed by atoms with Crippen molar-refractivity contribution in [3.8, 4) is 10.4 Å². The Morgan fingerprint density at radius 2 is 1.93 bits per heavy atom. The van der Waals surface area contributed by atoms with E-state index in [4.69, 9.17) is 29.1 Å². The summed E-state index contributed by atoms with van der Waals surface area (Å²) in [6.45, 7) is 1.75. The van der Waals surface area contributed by atoms with E-state index in [1.165, 1.54) is 11.3 Å². The van der Waals surface area contributed by atoms with Gasteiger partial charge in [0.2, 0.25) is 0 Å². The Morgan fingerprint density at radius 1 is 1.22 bits per heavy atom. The highest BCUT2D eigenvalue weighted by molar-refractivity contribution is 7.22. The number of primary amides is 1. The van der Waals surface area contributed by atoms with Gasteiger partial charge in [-0.2, -0.15) is 5.10 Å². The molecule has 3 heterocycles. The molecule has 2 N–H and O–H groups in total. The molecule has 27 heavy (non-hydrogen) atoms. The average molecular weight is 421 g/mol. The summed E-state index contributed by atoms with van der Waals surface area (Å²) in [5.74, 6) is -0.0465. The maximum absolute atomic E-state index is 11.8. The Labute approximate surface area is 171 Å². The number of thiophene rings is 1. The Bertz CT molecular complexity index is 981. The Morgan fingerprint density at radius 3 is 2.59 bits per heavy atom. The third kappa shape index (κ3) is 3.94. The molecule has 0 bridgehead atoms. The number of piperidine rings is 1. The minimum Gasteiger partial charge on any atom is -0.364 e. The van der Waals surface area contributed by atoms with Crippen LogP contribution in [-0.4, -0.2) is 33.6 Å². The van der Waals surface area contributed by atoms with E-state index in [2.05, 4.69) is 16.3 Å². The maximum Gasteiger partial charge on any atom is 0.270 e. The van der Waals surface area contributed by atoms with E-state index in [1.807, 2.05) is 28.7 Å². The highest BCUT2D eigenvalue weighted by Gasteiger charge is 2.22. The molecule has 1 aliphatic rings. The monoisotopic (exact) mass is 420 g/mol. The Hall–Kier alpha value is -1.73. The second-order valence-electron chi connectivity index (χ2n) is 6.78. The standard InChI is InChI=1S/C19H18Cl2N4OS/c20-13-3-1-12(2-4-13)16-10-14-15(9-11-5-7-25(21)8-6-11)23-24-17(19(22)26)18(14)27-16/h1-4,10-11H,5-9H2,(H2,22,26). The zero-order chi connectivity index (χ0) is 19.0. The summed E-state index contributed by atoms with van der Waals surface area (Å²) in [7, 11) is 0. The number of halogens is 2. The van der Waals surface area contributed by atoms with Gasteiger partial charge >= 0.3 is 0 Å². The Kier molecular flexibility index (Phi) is 5.32. The van der Waals surface area contributed by atoms with Crippen LogP contribution in [0.3, 0.4) is 0 Å². The fourth-order valence-electron chi connectivity index (χ4n) is 3.44. The van der Waals surface area contributed by atoms with Crippen LogP contribution in [0.15, 0.2) is 30.3 Å². The molecule has 1 aliphatic heterocycles. The summed E-state index contributed by atoms with van der Waals surface area (Å²) in [5, 5.41) is 10.1. The lowest BCUT2D eigenvalue weighted by molar-refractivity contribution is 0.0996. The van der Waals surface area contributed by atoms with E-state index in [1.54, 1.807) is 0 Å². The van der Waals surface area contributed by atoms with Crippen LogP contribution >= 0.6 is 34.7 Å². The van der Waals surface area contributed by atoms with Crippen molar-refractivity contribution in [2.75, 3.05) is 13.1 Å². The summed E-state index contributed by atoms with van der Waals surface area (Å²) < 4.78 is 2.63. The number of amides is 1. The Balaban J connectivity index is 1.74. The van der Waals surface area contributed by atoms with Gasteiger partial charge in [0.25, 0.3) is 5.91 Å². The predicted molar refractivity (Wildman–Crippen MR) is 110 cm³/mol. The van der Waals surface area contributed by atoms with Crippen molar-refractivity contribution < 1.29 is 4.79 Å². The molecule has 0 atom stereocenters. The third-order valence-corrected chi connectivity index (χ3v) is 6.71. The van der Waals surface area contributed by atoms with Gasteiger partial charge in [0, 0.05) is 28.4 Å². The molecule has 1 aromatic carbocycles. The summed E-state index contributed by atoms with van der Waals surface area (Å²) in [6.07, 6.45) is 2.88. The van der Waals surface area contributed by atoms with Crippen LogP contribution < -0.4 is 5.73 Å². The van der Waals surface area contributed by atoms with Gasteiger partial charge in [-0.1, -0.05) is 23.7 Å². The lowest BCUT2D eigenvalue weighted by atomic mass is 9.92. The number of carbonyl (C=O) groups excluding carboxylic acids is 1. The average Bonchev–Trinajstić information content (AvgIpc) is 3.09. The molecule has 4 rings (SSSR count). The zero-order valence-corrected chi connectivity index (χ0v) is 16.8. The molecule has 2 aromatic heterocycles. The van der Waals surface area contributed by atoms with Crippen molar-refractivity contribution in [2.45, 2.75) is 19.3 Å². The highest BCUT2D eigenvalue weighted by atomic mass is 35.5. The second-order valence-corrected chi connectivity index (χ2v) is 8.74. The molecule has 3 aromatic rings. The molecule has 1 amide bonds. The van der Waals surface area contributed by atoms with Crippen molar-refractivity contribution in [3.63, 3.8) is 0 Å². The van der Waals surface area contributed by atoms with Crippen LogP contribution in [0.2, 0.25) is 5.02 Å². The van der Waals surface area contributed by atoms with Crippen LogP contribution in [0.25, 0.3) is 20.5 Å². The van der Waals surface area contributed by atoms with Gasteiger partial charge in [-0.3, -0.25) is 4.79 Å². The van der Waals surface area contributed by atoms with Crippen molar-refractivity contribution in [1.82, 2.24) is 14.6 Å². The zero-order valence-electron chi connectivity index (χ0n) is 14.5. The van der Waals surface area contributed by atoms with Crippen molar-refractivity contribution in [1.29, 1.82) is 0 Å². The lowest BCUT2D eigenvalue weighted by Crippen LogP contribution is -2.27. The van der Waals surface area contributed by atoms with Gasteiger partial charge in [-0.05, 0) is 60.7 Å². The van der Waals surface area contributed by atoms with Crippen LogP contribution in [0.5, 0.6) is 0 Å². The van der Waals surface area contributed by atoms with Gasteiger partial charge < -0.3 is 5.73 Å². The van der Waals surface area contributed by atoms with E-state index >= 15 is 0 Å². The summed E-state index contributed by atoms with van der Waals surface area (Å²) in [5.41, 5.74) is 7.71. The summed E-state index contributed by atoms with van der Waals surface area (Å²) >= 11 is 13.6. The fourth-order valence-corrected chi connectivity index (χ4v) is 4.93. The number of benzene rings is 1. The topological polar surface area (TPSA) is 72.1 Å². The number of fused-ring (bicyclic) bond motifs is 1. The van der Waals surface area contributed by atoms with E-state index < -0.39 is 5.91 Å². The summed E-state index contributed by atoms with van der Waals surface area (Å²) in [4.78, 5) is 12.9. The molecule has 0 unspecified atom stereocenters. The number of nitrogens with zero attached hydrogens (tertiary/aromatic N) is 3. The van der Waals surface area contributed by atoms with Gasteiger partial charge in [-0.15, -0.1) is 16.4 Å². The maximum atomic E-state index is 11.8. The number of rotatable bonds is 4.